The lowest BCUT2D eigenvalue weighted by Crippen LogP contribution is -2.25. The van der Waals surface area contributed by atoms with Gasteiger partial charge in [-0.15, -0.1) is 11.3 Å². The molecule has 3 aromatic heterocycles. The number of aromatic nitrogens is 4. The van der Waals surface area contributed by atoms with E-state index in [2.05, 4.69) is 25.6 Å². The summed E-state index contributed by atoms with van der Waals surface area (Å²) in [7, 11) is -1.20. The number of sulfone groups is 1. The number of imidazole rings is 1. The van der Waals surface area contributed by atoms with Crippen LogP contribution in [0.3, 0.4) is 0 Å². The van der Waals surface area contributed by atoms with Crippen molar-refractivity contribution in [2.24, 2.45) is 0 Å². The molecule has 200 valence electrons. The Balaban J connectivity index is 1.35. The van der Waals surface area contributed by atoms with Gasteiger partial charge in [-0.05, 0) is 59.8 Å². The molecule has 39 heavy (non-hydrogen) atoms. The Kier molecular flexibility index (Phi) is 7.31. The van der Waals surface area contributed by atoms with Gasteiger partial charge < -0.3 is 10.2 Å². The molecule has 2 aromatic carbocycles. The third-order valence-electron chi connectivity index (χ3n) is 5.97. The van der Waals surface area contributed by atoms with E-state index >= 15 is 0 Å². The number of para-hydroxylation sites is 2. The summed E-state index contributed by atoms with van der Waals surface area (Å²) in [6.07, 6.45) is 2.87. The lowest BCUT2D eigenvalue weighted by atomic mass is 10.2. The Hall–Kier alpha value is -4.29. The maximum Gasteiger partial charge on any atom is 0.268 e. The van der Waals surface area contributed by atoms with Gasteiger partial charge in [0.1, 0.15) is 5.82 Å². The number of nitrogens with one attached hydrogen (secondary N) is 2. The zero-order valence-corrected chi connectivity index (χ0v) is 23.3. The predicted octanol–water partition coefficient (Wildman–Crippen LogP) is 4.83. The molecule has 10 nitrogen and oxygen atoms in total. The Bertz CT molecular complexity index is 1740. The molecule has 5 rings (SSSR count). The van der Waals surface area contributed by atoms with Crippen molar-refractivity contribution in [3.05, 3.63) is 88.2 Å². The van der Waals surface area contributed by atoms with Crippen LogP contribution in [0.25, 0.3) is 11.0 Å². The van der Waals surface area contributed by atoms with E-state index in [-0.39, 0.29) is 11.7 Å². The second-order valence-corrected chi connectivity index (χ2v) is 12.3. The van der Waals surface area contributed by atoms with E-state index < -0.39 is 9.84 Å². The van der Waals surface area contributed by atoms with Crippen LogP contribution in [0, 0.1) is 6.92 Å². The van der Waals surface area contributed by atoms with Crippen molar-refractivity contribution in [3.63, 3.8) is 0 Å². The van der Waals surface area contributed by atoms with Gasteiger partial charge in [0.05, 0.1) is 28.3 Å². The zero-order chi connectivity index (χ0) is 27.6. The second-order valence-electron chi connectivity index (χ2n) is 9.21. The highest BCUT2D eigenvalue weighted by atomic mass is 32.2. The highest BCUT2D eigenvalue weighted by Gasteiger charge is 2.18. The molecule has 0 atom stereocenters. The lowest BCUT2D eigenvalue weighted by molar-refractivity contribution is 0.102. The molecule has 1 amide bonds. The fourth-order valence-corrected chi connectivity index (χ4v) is 5.72. The van der Waals surface area contributed by atoms with Crippen molar-refractivity contribution in [2.75, 3.05) is 28.8 Å². The highest BCUT2D eigenvalue weighted by molar-refractivity contribution is 7.89. The number of hydrogen-bond acceptors (Lipinski definition) is 9. The molecule has 0 radical (unpaired) electrons. The molecule has 0 aliphatic heterocycles. The molecule has 0 bridgehead atoms. The number of carbonyl (C=O) groups is 1. The molecule has 2 N–H and O–H groups in total. The number of anilines is 4. The summed E-state index contributed by atoms with van der Waals surface area (Å²) >= 11 is 1.40. The number of amides is 1. The number of aryl methyl sites for hydroxylation is 1. The maximum atomic E-state index is 13.0. The van der Waals surface area contributed by atoms with Gasteiger partial charge in [0, 0.05) is 25.2 Å². The average Bonchev–Trinajstić information content (AvgIpc) is 3.48. The van der Waals surface area contributed by atoms with Crippen molar-refractivity contribution in [1.29, 1.82) is 0 Å². The van der Waals surface area contributed by atoms with E-state index in [0.29, 0.717) is 34.8 Å². The van der Waals surface area contributed by atoms with Gasteiger partial charge >= 0.3 is 0 Å². The number of fused-ring (bicyclic) bond motifs is 1. The fraction of sp³-hybridized carbons (Fsp3) is 0.185. The van der Waals surface area contributed by atoms with Crippen LogP contribution in [-0.4, -0.2) is 47.1 Å². The molecular formula is C27H27N7O3S2. The van der Waals surface area contributed by atoms with Gasteiger partial charge in [0.25, 0.3) is 5.91 Å². The van der Waals surface area contributed by atoms with Crippen LogP contribution in [-0.2, 0) is 22.3 Å². The maximum absolute atomic E-state index is 13.0. The molecule has 0 saturated heterocycles. The highest BCUT2D eigenvalue weighted by Crippen LogP contribution is 2.24. The van der Waals surface area contributed by atoms with Crippen LogP contribution in [0.1, 0.15) is 20.8 Å². The number of thiophene rings is 1. The number of rotatable bonds is 9. The van der Waals surface area contributed by atoms with Crippen molar-refractivity contribution >= 4 is 61.5 Å². The van der Waals surface area contributed by atoms with Crippen LogP contribution in [0.2, 0.25) is 0 Å². The van der Waals surface area contributed by atoms with Crippen LogP contribution < -0.4 is 15.5 Å². The number of benzene rings is 2. The van der Waals surface area contributed by atoms with E-state index in [1.54, 1.807) is 36.5 Å². The second kappa shape index (κ2) is 10.8. The van der Waals surface area contributed by atoms with Gasteiger partial charge in [0.2, 0.25) is 11.9 Å². The molecule has 0 aliphatic carbocycles. The summed E-state index contributed by atoms with van der Waals surface area (Å²) in [6.45, 7) is 2.28. The van der Waals surface area contributed by atoms with E-state index in [9.17, 15) is 13.2 Å². The van der Waals surface area contributed by atoms with E-state index in [1.165, 1.54) is 17.6 Å². The SMILES string of the molecule is Cc1ccsc1C(=O)Nc1nc2ccccc2n1CN(C)c1ccnc(Nc2ccc(CS(C)(=O)=O)cc2)n1. The molecule has 0 saturated carbocycles. The van der Waals surface area contributed by atoms with Gasteiger partial charge in [0.15, 0.2) is 9.84 Å². The predicted molar refractivity (Wildman–Crippen MR) is 155 cm³/mol. The Labute approximate surface area is 230 Å². The first-order chi connectivity index (χ1) is 18.7. The van der Waals surface area contributed by atoms with Gasteiger partial charge in [-0.1, -0.05) is 24.3 Å². The van der Waals surface area contributed by atoms with Crippen LogP contribution in [0.15, 0.2) is 72.2 Å². The first-order valence-electron chi connectivity index (χ1n) is 12.0. The van der Waals surface area contributed by atoms with Crippen LogP contribution in [0.5, 0.6) is 0 Å². The summed E-state index contributed by atoms with van der Waals surface area (Å²) in [5.74, 6) is 1.29. The van der Waals surface area contributed by atoms with E-state index in [4.69, 9.17) is 0 Å². The molecule has 0 aliphatic rings. The lowest BCUT2D eigenvalue weighted by Gasteiger charge is -2.21. The third-order valence-corrected chi connectivity index (χ3v) is 7.85. The van der Waals surface area contributed by atoms with Crippen LogP contribution >= 0.6 is 11.3 Å². The average molecular weight is 562 g/mol. The number of hydrogen-bond donors (Lipinski definition) is 2. The molecule has 3 heterocycles. The molecule has 12 heteroatoms. The van der Waals surface area contributed by atoms with Crippen molar-refractivity contribution in [1.82, 2.24) is 19.5 Å². The first kappa shape index (κ1) is 26.3. The van der Waals surface area contributed by atoms with Crippen molar-refractivity contribution in [2.45, 2.75) is 19.3 Å². The molecule has 5 aromatic rings. The third kappa shape index (κ3) is 6.24. The van der Waals surface area contributed by atoms with E-state index in [0.717, 1.165) is 22.3 Å². The summed E-state index contributed by atoms with van der Waals surface area (Å²) in [6, 6.07) is 18.5. The Morgan fingerprint density at radius 3 is 2.54 bits per heavy atom. The monoisotopic (exact) mass is 561 g/mol. The minimum absolute atomic E-state index is 0.0115. The zero-order valence-electron chi connectivity index (χ0n) is 21.6. The number of nitrogens with zero attached hydrogens (tertiary/aromatic N) is 5. The quantitative estimate of drug-likeness (QED) is 0.262. The summed E-state index contributed by atoms with van der Waals surface area (Å²) in [5.41, 5.74) is 4.02. The summed E-state index contributed by atoms with van der Waals surface area (Å²) < 4.78 is 25.0. The topological polar surface area (TPSA) is 122 Å². The smallest absolute Gasteiger partial charge is 0.268 e. The minimum atomic E-state index is -3.10. The Morgan fingerprint density at radius 2 is 1.82 bits per heavy atom. The summed E-state index contributed by atoms with van der Waals surface area (Å²) in [5, 5.41) is 8.03. The van der Waals surface area contributed by atoms with Gasteiger partial charge in [-0.25, -0.2) is 18.4 Å². The van der Waals surface area contributed by atoms with Crippen molar-refractivity contribution in [3.8, 4) is 0 Å². The van der Waals surface area contributed by atoms with Crippen molar-refractivity contribution < 1.29 is 13.2 Å². The van der Waals surface area contributed by atoms with Gasteiger partial charge in [-0.3, -0.25) is 14.7 Å². The summed E-state index contributed by atoms with van der Waals surface area (Å²) in [4.78, 5) is 29.2. The standard InChI is InChI=1S/C27H27N7O3S2/c1-18-13-15-38-24(18)25(35)32-27-30-21-6-4-5-7-22(21)34(27)17-33(2)23-12-14-28-26(31-23)29-20-10-8-19(9-11-20)16-39(3,36)37/h4-15H,16-17H2,1-3H3,(H,28,29,31)(H,30,32,35). The number of carbonyl (C=O) groups excluding carboxylic acids is 1. The van der Waals surface area contributed by atoms with Gasteiger partial charge in [-0.2, -0.15) is 4.98 Å². The molecule has 0 unspecified atom stereocenters. The molecule has 0 spiro atoms. The Morgan fingerprint density at radius 1 is 1.05 bits per heavy atom. The van der Waals surface area contributed by atoms with E-state index in [1.807, 2.05) is 59.2 Å². The first-order valence-corrected chi connectivity index (χ1v) is 15.0. The molecular weight excluding hydrogens is 534 g/mol. The fourth-order valence-electron chi connectivity index (χ4n) is 4.10. The molecule has 0 fully saturated rings. The normalized spacial score (nSPS) is 11.5. The van der Waals surface area contributed by atoms with Crippen LogP contribution in [0.4, 0.5) is 23.4 Å². The largest absolute Gasteiger partial charge is 0.341 e. The minimum Gasteiger partial charge on any atom is -0.341 e.